The Morgan fingerprint density at radius 3 is 2.48 bits per heavy atom. The van der Waals surface area contributed by atoms with E-state index in [1.807, 2.05) is 0 Å². The number of hydrogen-bond acceptors (Lipinski definition) is 5. The lowest BCUT2D eigenvalue weighted by Gasteiger charge is -2.34. The van der Waals surface area contributed by atoms with Crippen molar-refractivity contribution in [3.8, 4) is 0 Å². The van der Waals surface area contributed by atoms with Gasteiger partial charge < -0.3 is 10.6 Å². The maximum absolute atomic E-state index is 14.0. The van der Waals surface area contributed by atoms with Crippen molar-refractivity contribution in [1.82, 2.24) is 35.0 Å². The summed E-state index contributed by atoms with van der Waals surface area (Å²) in [6, 6.07) is 1.45. The fourth-order valence-corrected chi connectivity index (χ4v) is 5.62. The summed E-state index contributed by atoms with van der Waals surface area (Å²) < 4.78 is 92.3. The summed E-state index contributed by atoms with van der Waals surface area (Å²) in [6.07, 6.45) is 0.863. The molecule has 0 bridgehead atoms. The Balaban J connectivity index is 1.43. The van der Waals surface area contributed by atoms with Crippen LogP contribution in [0, 0.1) is 17.8 Å². The number of rotatable bonds is 9. The van der Waals surface area contributed by atoms with Crippen LogP contribution >= 0.6 is 0 Å². The molecule has 5 rings (SSSR count). The Morgan fingerprint density at radius 1 is 1.12 bits per heavy atom. The molecule has 2 N–H and O–H groups in total. The Morgan fingerprint density at radius 2 is 1.83 bits per heavy atom. The van der Waals surface area contributed by atoms with Gasteiger partial charge in [-0.05, 0) is 55.2 Å². The quantitative estimate of drug-likeness (QED) is 0.325. The third-order valence-electron chi connectivity index (χ3n) is 8.42. The van der Waals surface area contributed by atoms with Gasteiger partial charge in [0.1, 0.15) is 5.69 Å². The minimum Gasteiger partial charge on any atom is -0.349 e. The molecule has 3 heterocycles. The van der Waals surface area contributed by atoms with Gasteiger partial charge in [0.2, 0.25) is 11.8 Å². The molecule has 14 heteroatoms. The van der Waals surface area contributed by atoms with Crippen LogP contribution in [0.1, 0.15) is 96.2 Å². The van der Waals surface area contributed by atoms with Crippen LogP contribution in [0.4, 0.5) is 22.0 Å². The molecule has 9 nitrogen and oxygen atoms in total. The number of amides is 2. The maximum atomic E-state index is 14.0. The Labute approximate surface area is 243 Å². The molecule has 3 aromatic heterocycles. The molecule has 2 aliphatic rings. The highest BCUT2D eigenvalue weighted by Gasteiger charge is 2.40. The van der Waals surface area contributed by atoms with Crippen molar-refractivity contribution in [2.75, 3.05) is 0 Å². The zero-order valence-corrected chi connectivity index (χ0v) is 22.9. The van der Waals surface area contributed by atoms with Gasteiger partial charge in [-0.1, -0.05) is 13.3 Å². The van der Waals surface area contributed by atoms with E-state index in [1.165, 1.54) is 23.0 Å². The van der Waals surface area contributed by atoms with Gasteiger partial charge >= 0.3 is 6.18 Å². The number of imidazole rings is 1. The number of nitrogens with one attached hydrogen (secondary N) is 2. The number of alkyl halides is 5. The third kappa shape index (κ3) is 6.57. The van der Waals surface area contributed by atoms with E-state index < -0.39 is 61.2 Å². The SMILES string of the molecule is [2H]C([2H])([2H])n1nccc1C(=O)N[C@H](c1cn2ncc([C@H](NC(=O)C[C@H](C)C(F)(F)F)C3CCC3)cc2n1)C1CCC(F)(F)CC1. The molecular weight excluding hydrogens is 561 g/mol. The van der Waals surface area contributed by atoms with E-state index in [4.69, 9.17) is 4.11 Å². The summed E-state index contributed by atoms with van der Waals surface area (Å²) in [4.78, 5) is 30.6. The molecule has 3 atom stereocenters. The summed E-state index contributed by atoms with van der Waals surface area (Å²) in [5.41, 5.74) is 0.949. The molecule has 2 fully saturated rings. The molecular formula is C28H34F5N7O2. The van der Waals surface area contributed by atoms with Gasteiger partial charge in [0.05, 0.1) is 36.1 Å². The lowest BCUT2D eigenvalue weighted by Crippen LogP contribution is -2.38. The normalized spacial score (nSPS) is 21.4. The number of nitrogens with zero attached hydrogens (tertiary/aromatic N) is 5. The van der Waals surface area contributed by atoms with E-state index >= 15 is 0 Å². The molecule has 3 aromatic rings. The first-order valence-corrected chi connectivity index (χ1v) is 14.0. The largest absolute Gasteiger partial charge is 0.392 e. The molecule has 0 aliphatic heterocycles. The Kier molecular flexibility index (Phi) is 7.20. The van der Waals surface area contributed by atoms with E-state index in [9.17, 15) is 31.5 Å². The molecule has 0 saturated heterocycles. The van der Waals surface area contributed by atoms with Crippen molar-refractivity contribution in [1.29, 1.82) is 0 Å². The van der Waals surface area contributed by atoms with Crippen molar-refractivity contribution in [2.24, 2.45) is 24.7 Å². The van der Waals surface area contributed by atoms with E-state index in [-0.39, 0.29) is 37.3 Å². The second kappa shape index (κ2) is 11.6. The maximum Gasteiger partial charge on any atom is 0.392 e. The average molecular weight is 599 g/mol. The topological polar surface area (TPSA) is 106 Å². The van der Waals surface area contributed by atoms with Gasteiger partial charge in [0.15, 0.2) is 5.65 Å². The Hall–Kier alpha value is -3.58. The van der Waals surface area contributed by atoms with E-state index in [0.29, 0.717) is 21.6 Å². The highest BCUT2D eigenvalue weighted by atomic mass is 19.4. The van der Waals surface area contributed by atoms with Crippen molar-refractivity contribution >= 4 is 17.5 Å². The zero-order valence-electron chi connectivity index (χ0n) is 25.9. The molecule has 228 valence electrons. The first-order valence-electron chi connectivity index (χ1n) is 15.5. The van der Waals surface area contributed by atoms with Gasteiger partial charge in [-0.15, -0.1) is 0 Å². The molecule has 0 radical (unpaired) electrons. The van der Waals surface area contributed by atoms with Crippen LogP contribution in [0.15, 0.2) is 30.7 Å². The summed E-state index contributed by atoms with van der Waals surface area (Å²) in [5.74, 6) is -6.57. The molecule has 0 spiro atoms. The molecule has 0 aromatic carbocycles. The van der Waals surface area contributed by atoms with E-state index in [2.05, 4.69) is 25.8 Å². The van der Waals surface area contributed by atoms with Crippen LogP contribution in [0.2, 0.25) is 0 Å². The standard InChI is InChI=1S/C28H34F5N7O2/c1-16(28(31,32)33)12-23(41)37-24(17-4-3-5-17)19-13-22-36-20(15-40(22)35-14-19)25(18-6-9-27(29,30)10-7-18)38-26(42)21-8-11-34-39(21)2/h8,11,13-18,24-25H,3-7,9-10,12H2,1-2H3,(H,37,41)(H,38,42)/t16-,24+,25-/m0/s1/i2D3. The van der Waals surface area contributed by atoms with Gasteiger partial charge in [-0.3, -0.25) is 14.3 Å². The van der Waals surface area contributed by atoms with Gasteiger partial charge in [-0.2, -0.15) is 23.4 Å². The van der Waals surface area contributed by atoms with Crippen LogP contribution in [-0.4, -0.2) is 48.3 Å². The fraction of sp³-hybridized carbons (Fsp3) is 0.607. The lowest BCUT2D eigenvalue weighted by atomic mass is 9.77. The number of hydrogen-bond donors (Lipinski definition) is 2. The summed E-state index contributed by atoms with van der Waals surface area (Å²) >= 11 is 0. The number of aromatic nitrogens is 5. The first kappa shape index (κ1) is 26.1. The van der Waals surface area contributed by atoms with Crippen molar-refractivity contribution in [2.45, 2.75) is 82.5 Å². The second-order valence-corrected chi connectivity index (χ2v) is 11.4. The monoisotopic (exact) mass is 598 g/mol. The smallest absolute Gasteiger partial charge is 0.349 e. The summed E-state index contributed by atoms with van der Waals surface area (Å²) in [7, 11) is 0. The second-order valence-electron chi connectivity index (χ2n) is 11.4. The number of fused-ring (bicyclic) bond motifs is 1. The van der Waals surface area contributed by atoms with Crippen LogP contribution < -0.4 is 10.6 Å². The molecule has 2 aliphatic carbocycles. The predicted octanol–water partition coefficient (Wildman–Crippen LogP) is 5.31. The van der Waals surface area contributed by atoms with E-state index in [0.717, 1.165) is 26.2 Å². The summed E-state index contributed by atoms with van der Waals surface area (Å²) in [5, 5.41) is 13.7. The number of carbonyl (C=O) groups is 2. The van der Waals surface area contributed by atoms with Crippen molar-refractivity contribution in [3.63, 3.8) is 0 Å². The minimum atomic E-state index is -4.50. The van der Waals surface area contributed by atoms with Gasteiger partial charge in [0.25, 0.3) is 5.91 Å². The summed E-state index contributed by atoms with van der Waals surface area (Å²) in [6.45, 7) is -1.77. The third-order valence-corrected chi connectivity index (χ3v) is 8.42. The lowest BCUT2D eigenvalue weighted by molar-refractivity contribution is -0.174. The average Bonchev–Trinajstić information content (AvgIpc) is 3.57. The molecule has 2 saturated carbocycles. The first-order chi connectivity index (χ1) is 21.0. The highest BCUT2D eigenvalue weighted by molar-refractivity contribution is 5.92. The molecule has 0 unspecified atom stereocenters. The number of halogens is 5. The van der Waals surface area contributed by atoms with Gasteiger partial charge in [0, 0.05) is 36.5 Å². The number of carbonyl (C=O) groups excluding carboxylic acids is 2. The van der Waals surface area contributed by atoms with Crippen LogP contribution in [0.5, 0.6) is 0 Å². The van der Waals surface area contributed by atoms with Crippen LogP contribution in [0.25, 0.3) is 5.65 Å². The number of aryl methyl sites for hydroxylation is 1. The minimum absolute atomic E-state index is 0.00726. The van der Waals surface area contributed by atoms with E-state index in [1.54, 1.807) is 12.3 Å². The molecule has 2 amide bonds. The predicted molar refractivity (Wildman–Crippen MR) is 141 cm³/mol. The Bertz CT molecular complexity index is 1530. The van der Waals surface area contributed by atoms with Gasteiger partial charge in [-0.25, -0.2) is 18.3 Å². The van der Waals surface area contributed by atoms with Crippen LogP contribution in [0.3, 0.4) is 0 Å². The van der Waals surface area contributed by atoms with Crippen LogP contribution in [-0.2, 0) is 11.8 Å². The molecule has 42 heavy (non-hydrogen) atoms. The van der Waals surface area contributed by atoms with Crippen molar-refractivity contribution < 1.29 is 35.7 Å². The fourth-order valence-electron chi connectivity index (χ4n) is 5.62. The highest BCUT2D eigenvalue weighted by Crippen LogP contribution is 2.42. The van der Waals surface area contributed by atoms with Crippen molar-refractivity contribution in [3.05, 3.63) is 47.7 Å². The zero-order chi connectivity index (χ0) is 32.7.